The summed E-state index contributed by atoms with van der Waals surface area (Å²) in [5.74, 6) is 0.929. The highest BCUT2D eigenvalue weighted by Crippen LogP contribution is 2.34. The van der Waals surface area contributed by atoms with Crippen LogP contribution in [0.1, 0.15) is 32.0 Å². The van der Waals surface area contributed by atoms with Gasteiger partial charge in [-0.25, -0.2) is 0 Å². The fourth-order valence-corrected chi connectivity index (χ4v) is 2.02. The number of aromatic amines is 1. The Morgan fingerprint density at radius 2 is 1.89 bits per heavy atom. The van der Waals surface area contributed by atoms with Crippen LogP contribution in [0.3, 0.4) is 0 Å². The highest BCUT2D eigenvalue weighted by atomic mass is 16.5. The largest absolute Gasteiger partial charge is 0.496 e. The number of nitrogens with zero attached hydrogens (tertiary/aromatic N) is 1. The summed E-state index contributed by atoms with van der Waals surface area (Å²) >= 11 is 0. The van der Waals surface area contributed by atoms with Gasteiger partial charge >= 0.3 is 0 Å². The van der Waals surface area contributed by atoms with Crippen molar-refractivity contribution >= 4 is 0 Å². The van der Waals surface area contributed by atoms with Gasteiger partial charge in [-0.3, -0.25) is 5.10 Å². The van der Waals surface area contributed by atoms with Gasteiger partial charge in [0.15, 0.2) is 0 Å². The second-order valence-electron chi connectivity index (χ2n) is 5.60. The van der Waals surface area contributed by atoms with Gasteiger partial charge in [0.25, 0.3) is 0 Å². The number of methoxy groups -OCH3 is 1. The van der Waals surface area contributed by atoms with Crippen LogP contribution < -0.4 is 4.74 Å². The Morgan fingerprint density at radius 3 is 2.39 bits per heavy atom. The second kappa shape index (κ2) is 4.48. The van der Waals surface area contributed by atoms with Crippen molar-refractivity contribution in [2.24, 2.45) is 0 Å². The molecule has 1 aromatic carbocycles. The SMILES string of the molecule is COc1ccc(-c2cc(C)[nH]n2)cc1C(C)(C)C. The molecule has 1 aromatic heterocycles. The average Bonchev–Trinajstić information content (AvgIpc) is 2.74. The van der Waals surface area contributed by atoms with Crippen molar-refractivity contribution in [3.05, 3.63) is 35.5 Å². The van der Waals surface area contributed by atoms with Crippen molar-refractivity contribution in [3.63, 3.8) is 0 Å². The molecule has 0 saturated carbocycles. The lowest BCUT2D eigenvalue weighted by Gasteiger charge is -2.22. The van der Waals surface area contributed by atoms with E-state index >= 15 is 0 Å². The number of aryl methyl sites for hydroxylation is 1. The zero-order chi connectivity index (χ0) is 13.3. The number of rotatable bonds is 2. The number of ether oxygens (including phenoxy) is 1. The molecule has 1 N–H and O–H groups in total. The van der Waals surface area contributed by atoms with E-state index in [2.05, 4.69) is 37.0 Å². The fraction of sp³-hybridized carbons (Fsp3) is 0.400. The van der Waals surface area contributed by atoms with Gasteiger partial charge in [0, 0.05) is 16.8 Å². The van der Waals surface area contributed by atoms with Crippen molar-refractivity contribution in [2.75, 3.05) is 7.11 Å². The van der Waals surface area contributed by atoms with E-state index in [0.717, 1.165) is 22.7 Å². The van der Waals surface area contributed by atoms with Gasteiger partial charge < -0.3 is 4.74 Å². The van der Waals surface area contributed by atoms with Crippen LogP contribution in [0.5, 0.6) is 5.75 Å². The average molecular weight is 244 g/mol. The Bertz CT molecular complexity index is 550. The lowest BCUT2D eigenvalue weighted by molar-refractivity contribution is 0.397. The number of H-pyrrole nitrogens is 1. The first-order valence-corrected chi connectivity index (χ1v) is 6.12. The molecule has 0 aliphatic carbocycles. The third-order valence-electron chi connectivity index (χ3n) is 3.01. The Morgan fingerprint density at radius 1 is 1.17 bits per heavy atom. The van der Waals surface area contributed by atoms with Crippen molar-refractivity contribution in [1.29, 1.82) is 0 Å². The molecule has 0 aliphatic rings. The molecule has 0 saturated heterocycles. The van der Waals surface area contributed by atoms with E-state index in [1.165, 1.54) is 5.56 Å². The van der Waals surface area contributed by atoms with E-state index in [4.69, 9.17) is 4.74 Å². The van der Waals surface area contributed by atoms with Crippen LogP contribution in [0.15, 0.2) is 24.3 Å². The summed E-state index contributed by atoms with van der Waals surface area (Å²) in [5, 5.41) is 7.27. The Balaban J connectivity index is 2.52. The summed E-state index contributed by atoms with van der Waals surface area (Å²) in [4.78, 5) is 0. The molecule has 2 rings (SSSR count). The van der Waals surface area contributed by atoms with Gasteiger partial charge in [0.05, 0.1) is 12.8 Å². The summed E-state index contributed by atoms with van der Waals surface area (Å²) < 4.78 is 5.44. The molecule has 3 nitrogen and oxygen atoms in total. The molecule has 96 valence electrons. The van der Waals surface area contributed by atoms with Crippen molar-refractivity contribution < 1.29 is 4.74 Å². The first-order chi connectivity index (χ1) is 8.41. The lowest BCUT2D eigenvalue weighted by atomic mass is 9.85. The van der Waals surface area contributed by atoms with E-state index in [0.29, 0.717) is 0 Å². The van der Waals surface area contributed by atoms with Crippen LogP contribution in [0.2, 0.25) is 0 Å². The highest BCUT2D eigenvalue weighted by Gasteiger charge is 2.19. The molecule has 0 spiro atoms. The van der Waals surface area contributed by atoms with Crippen molar-refractivity contribution in [1.82, 2.24) is 10.2 Å². The summed E-state index contributed by atoms with van der Waals surface area (Å²) in [6.07, 6.45) is 0. The predicted molar refractivity (Wildman–Crippen MR) is 74.0 cm³/mol. The van der Waals surface area contributed by atoms with Crippen LogP contribution in [-0.4, -0.2) is 17.3 Å². The number of benzene rings is 1. The minimum Gasteiger partial charge on any atom is -0.496 e. The molecule has 0 amide bonds. The monoisotopic (exact) mass is 244 g/mol. The third kappa shape index (κ3) is 2.40. The summed E-state index contributed by atoms with van der Waals surface area (Å²) in [6, 6.07) is 8.27. The summed E-state index contributed by atoms with van der Waals surface area (Å²) in [5.41, 5.74) is 4.40. The first kappa shape index (κ1) is 12.7. The number of hydrogen-bond acceptors (Lipinski definition) is 2. The molecular weight excluding hydrogens is 224 g/mol. The van der Waals surface area contributed by atoms with Gasteiger partial charge in [-0.15, -0.1) is 0 Å². The lowest BCUT2D eigenvalue weighted by Crippen LogP contribution is -2.12. The number of hydrogen-bond donors (Lipinski definition) is 1. The smallest absolute Gasteiger partial charge is 0.122 e. The quantitative estimate of drug-likeness (QED) is 0.874. The molecule has 1 heterocycles. The maximum Gasteiger partial charge on any atom is 0.122 e. The minimum absolute atomic E-state index is 0.0483. The zero-order valence-corrected chi connectivity index (χ0v) is 11.7. The zero-order valence-electron chi connectivity index (χ0n) is 11.7. The van der Waals surface area contributed by atoms with E-state index in [1.54, 1.807) is 7.11 Å². The molecule has 0 aliphatic heterocycles. The predicted octanol–water partition coefficient (Wildman–Crippen LogP) is 3.69. The number of nitrogens with one attached hydrogen (secondary N) is 1. The van der Waals surface area contributed by atoms with Gasteiger partial charge in [0.1, 0.15) is 5.75 Å². The van der Waals surface area contributed by atoms with Crippen LogP contribution in [-0.2, 0) is 5.41 Å². The Labute approximate surface area is 108 Å². The Kier molecular flexibility index (Phi) is 3.16. The van der Waals surface area contributed by atoms with E-state index in [1.807, 2.05) is 25.1 Å². The van der Waals surface area contributed by atoms with Crippen molar-refractivity contribution in [3.8, 4) is 17.0 Å². The van der Waals surface area contributed by atoms with Crippen molar-refractivity contribution in [2.45, 2.75) is 33.1 Å². The van der Waals surface area contributed by atoms with Crippen LogP contribution >= 0.6 is 0 Å². The normalized spacial score (nSPS) is 11.6. The van der Waals surface area contributed by atoms with Gasteiger partial charge in [0.2, 0.25) is 0 Å². The molecule has 18 heavy (non-hydrogen) atoms. The summed E-state index contributed by atoms with van der Waals surface area (Å²) in [6.45, 7) is 8.56. The standard InChI is InChI=1S/C15H20N2O/c1-10-8-13(17-16-10)11-6-7-14(18-5)12(9-11)15(2,3)4/h6-9H,1-5H3,(H,16,17). The molecule has 0 radical (unpaired) electrons. The minimum atomic E-state index is 0.0483. The highest BCUT2D eigenvalue weighted by molar-refractivity contribution is 5.63. The van der Waals surface area contributed by atoms with Gasteiger partial charge in [-0.2, -0.15) is 5.10 Å². The first-order valence-electron chi connectivity index (χ1n) is 6.12. The molecule has 0 atom stereocenters. The molecule has 3 heteroatoms. The van der Waals surface area contributed by atoms with E-state index < -0.39 is 0 Å². The second-order valence-corrected chi connectivity index (χ2v) is 5.60. The van der Waals surface area contributed by atoms with Gasteiger partial charge in [-0.1, -0.05) is 20.8 Å². The molecule has 2 aromatic rings. The third-order valence-corrected chi connectivity index (χ3v) is 3.01. The van der Waals surface area contributed by atoms with E-state index in [9.17, 15) is 0 Å². The van der Waals surface area contributed by atoms with Crippen LogP contribution in [0, 0.1) is 6.92 Å². The van der Waals surface area contributed by atoms with Crippen LogP contribution in [0.4, 0.5) is 0 Å². The maximum atomic E-state index is 5.44. The Hall–Kier alpha value is -1.77. The topological polar surface area (TPSA) is 37.9 Å². The molecular formula is C15H20N2O. The van der Waals surface area contributed by atoms with Crippen LogP contribution in [0.25, 0.3) is 11.3 Å². The fourth-order valence-electron chi connectivity index (χ4n) is 2.02. The van der Waals surface area contributed by atoms with Gasteiger partial charge in [-0.05, 0) is 36.6 Å². The molecule has 0 fully saturated rings. The summed E-state index contributed by atoms with van der Waals surface area (Å²) in [7, 11) is 1.71. The van der Waals surface area contributed by atoms with E-state index in [-0.39, 0.29) is 5.41 Å². The maximum absolute atomic E-state index is 5.44. The number of aromatic nitrogens is 2. The molecule has 0 bridgehead atoms. The molecule has 0 unspecified atom stereocenters.